The van der Waals surface area contributed by atoms with E-state index >= 15 is 0 Å². The zero-order valence-electron chi connectivity index (χ0n) is 24.0. The number of rotatable bonds is 7. The molecule has 0 bridgehead atoms. The van der Waals surface area contributed by atoms with E-state index in [0.717, 1.165) is 40.8 Å². The molecule has 0 spiro atoms. The summed E-state index contributed by atoms with van der Waals surface area (Å²) in [5.41, 5.74) is 7.57. The third kappa shape index (κ3) is 5.03. The van der Waals surface area contributed by atoms with Crippen LogP contribution in [0.25, 0.3) is 38.8 Å². The van der Waals surface area contributed by atoms with Crippen molar-refractivity contribution in [2.45, 2.75) is 27.7 Å². The number of amides is 1. The molecule has 4 aromatic carbocycles. The summed E-state index contributed by atoms with van der Waals surface area (Å²) in [5, 5.41) is 13.3. The van der Waals surface area contributed by atoms with Crippen LogP contribution in [0, 0.1) is 13.8 Å². The smallest absolute Gasteiger partial charge is 0.344 e. The van der Waals surface area contributed by atoms with Crippen LogP contribution >= 0.6 is 0 Å². The quantitative estimate of drug-likeness (QED) is 0.215. The van der Waals surface area contributed by atoms with Crippen LogP contribution in [-0.4, -0.2) is 34.0 Å². The number of nitrogens with zero attached hydrogens (tertiary/aromatic N) is 4. The fourth-order valence-corrected chi connectivity index (χ4v) is 5.25. The molecule has 0 radical (unpaired) electrons. The number of anilines is 2. The molecule has 0 aliphatic rings. The lowest BCUT2D eigenvalue weighted by Crippen LogP contribution is -2.21. The van der Waals surface area contributed by atoms with Gasteiger partial charge in [0.05, 0.1) is 11.3 Å². The van der Waals surface area contributed by atoms with Crippen LogP contribution in [0.4, 0.5) is 11.4 Å². The van der Waals surface area contributed by atoms with Crippen LogP contribution in [0.3, 0.4) is 0 Å². The Morgan fingerprint density at radius 2 is 1.62 bits per heavy atom. The van der Waals surface area contributed by atoms with Gasteiger partial charge in [-0.2, -0.15) is 4.80 Å². The Hall–Kier alpha value is -5.24. The molecule has 0 aliphatic heterocycles. The van der Waals surface area contributed by atoms with Crippen molar-refractivity contribution in [3.63, 3.8) is 0 Å². The van der Waals surface area contributed by atoms with Gasteiger partial charge in [0, 0.05) is 35.4 Å². The number of hydrogen-bond donors (Lipinski definition) is 1. The Morgan fingerprint density at radius 3 is 2.38 bits per heavy atom. The molecule has 0 saturated carbocycles. The maximum atomic E-state index is 13.3. The van der Waals surface area contributed by atoms with Gasteiger partial charge in [0.25, 0.3) is 5.91 Å². The van der Waals surface area contributed by atoms with Gasteiger partial charge in [0.2, 0.25) is 0 Å². The summed E-state index contributed by atoms with van der Waals surface area (Å²) in [6.45, 7) is 10.2. The maximum absolute atomic E-state index is 13.3. The number of carbonyl (C=O) groups is 1. The number of benzene rings is 4. The number of aromatic nitrogens is 3. The van der Waals surface area contributed by atoms with E-state index in [4.69, 9.17) is 14.6 Å². The van der Waals surface area contributed by atoms with Gasteiger partial charge in [0.15, 0.2) is 0 Å². The summed E-state index contributed by atoms with van der Waals surface area (Å²) in [5.74, 6) is -0.292. The highest BCUT2D eigenvalue weighted by Gasteiger charge is 2.15. The highest BCUT2D eigenvalue weighted by atomic mass is 16.4. The highest BCUT2D eigenvalue weighted by molar-refractivity contribution is 6.06. The Labute approximate surface area is 243 Å². The minimum absolute atomic E-state index is 0.292. The monoisotopic (exact) mass is 557 g/mol. The average molecular weight is 558 g/mol. The van der Waals surface area contributed by atoms with Crippen molar-refractivity contribution in [3.05, 3.63) is 112 Å². The second-order valence-corrected chi connectivity index (χ2v) is 10.3. The average Bonchev–Trinajstić information content (AvgIpc) is 3.40. The fraction of sp³-hybridized carbons (Fsp3) is 0.176. The van der Waals surface area contributed by atoms with Crippen molar-refractivity contribution < 1.29 is 9.21 Å². The molecule has 0 saturated heterocycles. The first kappa shape index (κ1) is 27.0. The van der Waals surface area contributed by atoms with Crippen LogP contribution in [0.15, 0.2) is 94.1 Å². The molecule has 210 valence electrons. The Bertz CT molecular complexity index is 2020. The Kier molecular flexibility index (Phi) is 7.04. The van der Waals surface area contributed by atoms with Crippen LogP contribution in [0.2, 0.25) is 0 Å². The maximum Gasteiger partial charge on any atom is 0.344 e. The van der Waals surface area contributed by atoms with Gasteiger partial charge in [-0.05, 0) is 99.0 Å². The molecule has 0 aliphatic carbocycles. The van der Waals surface area contributed by atoms with Crippen LogP contribution in [0.1, 0.15) is 35.3 Å². The summed E-state index contributed by atoms with van der Waals surface area (Å²) >= 11 is 0. The molecular weight excluding hydrogens is 526 g/mol. The third-order valence-electron chi connectivity index (χ3n) is 7.58. The van der Waals surface area contributed by atoms with Crippen molar-refractivity contribution in [1.29, 1.82) is 0 Å². The lowest BCUT2D eigenvalue weighted by atomic mass is 10.0. The van der Waals surface area contributed by atoms with Crippen molar-refractivity contribution in [2.75, 3.05) is 23.3 Å². The summed E-state index contributed by atoms with van der Waals surface area (Å²) in [4.78, 5) is 30.0. The van der Waals surface area contributed by atoms with Crippen molar-refractivity contribution in [1.82, 2.24) is 15.0 Å². The molecule has 8 heteroatoms. The molecule has 1 N–H and O–H groups in total. The van der Waals surface area contributed by atoms with Crippen molar-refractivity contribution in [3.8, 4) is 16.8 Å². The normalized spacial score (nSPS) is 11.2. The van der Waals surface area contributed by atoms with E-state index in [9.17, 15) is 9.59 Å². The molecule has 1 amide bonds. The Morgan fingerprint density at radius 1 is 0.857 bits per heavy atom. The summed E-state index contributed by atoms with van der Waals surface area (Å²) in [7, 11) is 0. The number of fused-ring (bicyclic) bond motifs is 2. The van der Waals surface area contributed by atoms with E-state index in [1.165, 1.54) is 5.69 Å². The van der Waals surface area contributed by atoms with E-state index < -0.39 is 5.63 Å². The van der Waals surface area contributed by atoms with E-state index in [0.29, 0.717) is 33.5 Å². The minimum Gasteiger partial charge on any atom is -0.422 e. The predicted octanol–water partition coefficient (Wildman–Crippen LogP) is 6.91. The van der Waals surface area contributed by atoms with Gasteiger partial charge >= 0.3 is 5.63 Å². The Balaban J connectivity index is 1.27. The predicted molar refractivity (Wildman–Crippen MR) is 168 cm³/mol. The van der Waals surface area contributed by atoms with Gasteiger partial charge in [-0.1, -0.05) is 30.3 Å². The van der Waals surface area contributed by atoms with Crippen LogP contribution in [0.5, 0.6) is 0 Å². The first-order valence-corrected chi connectivity index (χ1v) is 14.0. The topological polar surface area (TPSA) is 93.3 Å². The minimum atomic E-state index is -0.450. The van der Waals surface area contributed by atoms with Gasteiger partial charge in [-0.3, -0.25) is 4.79 Å². The van der Waals surface area contributed by atoms with Crippen molar-refractivity contribution >= 4 is 39.3 Å². The van der Waals surface area contributed by atoms with Crippen LogP contribution < -0.4 is 15.8 Å². The molecular formula is C34H31N5O3. The number of carbonyl (C=O) groups excluding carboxylic acids is 1. The molecule has 8 nitrogen and oxygen atoms in total. The largest absolute Gasteiger partial charge is 0.422 e. The second-order valence-electron chi connectivity index (χ2n) is 10.3. The first-order valence-electron chi connectivity index (χ1n) is 14.0. The zero-order valence-corrected chi connectivity index (χ0v) is 24.0. The highest BCUT2D eigenvalue weighted by Crippen LogP contribution is 2.26. The fourth-order valence-electron chi connectivity index (χ4n) is 5.25. The first-order chi connectivity index (χ1) is 20.3. The third-order valence-corrected chi connectivity index (χ3v) is 7.58. The van der Waals surface area contributed by atoms with E-state index in [-0.39, 0.29) is 5.91 Å². The summed E-state index contributed by atoms with van der Waals surface area (Å²) in [6.07, 6.45) is 0. The van der Waals surface area contributed by atoms with Gasteiger partial charge < -0.3 is 14.6 Å². The standard InChI is InChI=1S/C34H31N5O3/c1-5-38(6-2)26-14-15-31(22(4)16-26)39-36-29-17-21(3)28(20-30(29)37-39)35-33(40)25-12-9-11-23(18-25)27-19-24-10-7-8-13-32(24)42-34(27)41/h7-20H,5-6H2,1-4H3,(H,35,40). The molecule has 6 rings (SSSR count). The number of aryl methyl sites for hydroxylation is 2. The van der Waals surface area contributed by atoms with E-state index in [2.05, 4.69) is 43.1 Å². The number of nitrogens with one attached hydrogen (secondary N) is 1. The molecule has 2 heterocycles. The van der Waals surface area contributed by atoms with Crippen LogP contribution in [-0.2, 0) is 0 Å². The van der Waals surface area contributed by atoms with Gasteiger partial charge in [-0.25, -0.2) is 4.79 Å². The molecule has 6 aromatic rings. The second kappa shape index (κ2) is 11.0. The van der Waals surface area contributed by atoms with Gasteiger partial charge in [-0.15, -0.1) is 10.2 Å². The van der Waals surface area contributed by atoms with E-state index in [1.807, 2.05) is 43.3 Å². The van der Waals surface area contributed by atoms with Crippen molar-refractivity contribution in [2.24, 2.45) is 0 Å². The SMILES string of the molecule is CCN(CC)c1ccc(-n2nc3cc(C)c(NC(=O)c4cccc(-c5cc6ccccc6oc5=O)c4)cc3n2)c(C)c1. The molecule has 0 unspecified atom stereocenters. The molecule has 2 aromatic heterocycles. The number of para-hydroxylation sites is 1. The van der Waals surface area contributed by atoms with E-state index in [1.54, 1.807) is 41.2 Å². The molecule has 0 atom stereocenters. The van der Waals surface area contributed by atoms with Gasteiger partial charge in [0.1, 0.15) is 16.6 Å². The zero-order chi connectivity index (χ0) is 29.4. The molecule has 42 heavy (non-hydrogen) atoms. The summed E-state index contributed by atoms with van der Waals surface area (Å²) in [6, 6.07) is 26.2. The molecule has 0 fully saturated rings. The lowest BCUT2D eigenvalue weighted by Gasteiger charge is -2.22. The number of hydrogen-bond acceptors (Lipinski definition) is 6. The summed E-state index contributed by atoms with van der Waals surface area (Å²) < 4.78 is 5.49. The lowest BCUT2D eigenvalue weighted by molar-refractivity contribution is 0.102.